The van der Waals surface area contributed by atoms with Gasteiger partial charge in [0, 0.05) is 18.3 Å². The predicted molar refractivity (Wildman–Crippen MR) is 92.1 cm³/mol. The lowest BCUT2D eigenvalue weighted by Gasteiger charge is -2.15. The molecule has 1 saturated heterocycles. The fraction of sp³-hybridized carbons (Fsp3) is 0.353. The van der Waals surface area contributed by atoms with Crippen molar-refractivity contribution in [3.63, 3.8) is 0 Å². The van der Waals surface area contributed by atoms with Crippen molar-refractivity contribution >= 4 is 17.5 Å². The number of hydrogen-bond acceptors (Lipinski definition) is 7. The average molecular weight is 324 g/mol. The minimum absolute atomic E-state index is 0.160. The monoisotopic (exact) mass is 324 g/mol. The van der Waals surface area contributed by atoms with E-state index >= 15 is 0 Å². The van der Waals surface area contributed by atoms with Gasteiger partial charge in [0.25, 0.3) is 0 Å². The molecule has 124 valence electrons. The van der Waals surface area contributed by atoms with Gasteiger partial charge in [0.2, 0.25) is 5.95 Å². The number of ether oxygens (including phenoxy) is 1. The van der Waals surface area contributed by atoms with Gasteiger partial charge in [0.1, 0.15) is 29.8 Å². The molecule has 1 aromatic carbocycles. The van der Waals surface area contributed by atoms with Crippen molar-refractivity contribution in [3.8, 4) is 11.8 Å². The highest BCUT2D eigenvalue weighted by atomic mass is 16.5. The Kier molecular flexibility index (Phi) is 5.08. The van der Waals surface area contributed by atoms with Crippen LogP contribution < -0.4 is 15.8 Å². The topological polar surface area (TPSA) is 100 Å². The summed E-state index contributed by atoms with van der Waals surface area (Å²) in [7, 11) is 0. The number of nitriles is 1. The smallest absolute Gasteiger partial charge is 0.229 e. The van der Waals surface area contributed by atoms with Crippen LogP contribution in [0.3, 0.4) is 0 Å². The van der Waals surface area contributed by atoms with Crippen LogP contribution in [-0.4, -0.2) is 41.1 Å². The molecule has 1 aliphatic heterocycles. The molecule has 2 aromatic rings. The fourth-order valence-electron chi connectivity index (χ4n) is 2.63. The highest BCUT2D eigenvalue weighted by molar-refractivity contribution is 5.58. The summed E-state index contributed by atoms with van der Waals surface area (Å²) in [5.74, 6) is 1.30. The molecule has 0 unspecified atom stereocenters. The second-order valence-electron chi connectivity index (χ2n) is 5.65. The molecule has 3 rings (SSSR count). The lowest BCUT2D eigenvalue weighted by atomic mass is 10.3. The number of aromatic nitrogens is 2. The van der Waals surface area contributed by atoms with E-state index in [9.17, 15) is 0 Å². The summed E-state index contributed by atoms with van der Waals surface area (Å²) in [6.45, 7) is 3.96. The third-order valence-electron chi connectivity index (χ3n) is 3.90. The fourth-order valence-corrected chi connectivity index (χ4v) is 2.63. The lowest BCUT2D eigenvalue weighted by molar-refractivity contribution is 0.238. The number of hydrogen-bond donors (Lipinski definition) is 2. The highest BCUT2D eigenvalue weighted by Crippen LogP contribution is 2.20. The molecule has 24 heavy (non-hydrogen) atoms. The van der Waals surface area contributed by atoms with Gasteiger partial charge in [-0.3, -0.25) is 4.90 Å². The number of nitrogens with one attached hydrogen (secondary N) is 1. The Morgan fingerprint density at radius 2 is 2.17 bits per heavy atom. The summed E-state index contributed by atoms with van der Waals surface area (Å²) in [5.41, 5.74) is 6.76. The Morgan fingerprint density at radius 3 is 2.92 bits per heavy atom. The zero-order chi connectivity index (χ0) is 16.8. The Bertz CT molecular complexity index is 736. The van der Waals surface area contributed by atoms with E-state index in [4.69, 9.17) is 15.7 Å². The Labute approximate surface area is 141 Å². The molecule has 1 aliphatic rings. The molecule has 3 N–H and O–H groups in total. The Balaban J connectivity index is 1.58. The van der Waals surface area contributed by atoms with Crippen molar-refractivity contribution in [1.29, 1.82) is 5.26 Å². The van der Waals surface area contributed by atoms with Gasteiger partial charge < -0.3 is 15.8 Å². The molecule has 0 amide bonds. The van der Waals surface area contributed by atoms with Crippen LogP contribution in [0.5, 0.6) is 5.75 Å². The lowest BCUT2D eigenvalue weighted by Crippen LogP contribution is -2.25. The van der Waals surface area contributed by atoms with E-state index in [2.05, 4.69) is 20.2 Å². The maximum atomic E-state index is 8.85. The summed E-state index contributed by atoms with van der Waals surface area (Å²) in [4.78, 5) is 10.6. The summed E-state index contributed by atoms with van der Waals surface area (Å²) < 4.78 is 5.82. The van der Waals surface area contributed by atoms with Gasteiger partial charge in [0.15, 0.2) is 0 Å². The van der Waals surface area contributed by atoms with Crippen LogP contribution in [0.1, 0.15) is 18.4 Å². The molecular formula is C17H20N6O. The van der Waals surface area contributed by atoms with Crippen LogP contribution in [0.15, 0.2) is 30.5 Å². The third kappa shape index (κ3) is 4.12. The zero-order valence-electron chi connectivity index (χ0n) is 13.4. The number of nitrogens with zero attached hydrogens (tertiary/aromatic N) is 4. The second kappa shape index (κ2) is 7.62. The van der Waals surface area contributed by atoms with Gasteiger partial charge in [-0.25, -0.2) is 4.98 Å². The first-order valence-electron chi connectivity index (χ1n) is 7.99. The van der Waals surface area contributed by atoms with E-state index in [0.717, 1.165) is 18.0 Å². The van der Waals surface area contributed by atoms with E-state index in [1.165, 1.54) is 32.1 Å². The van der Waals surface area contributed by atoms with Gasteiger partial charge in [-0.05, 0) is 38.1 Å². The molecule has 0 radical (unpaired) electrons. The van der Waals surface area contributed by atoms with Gasteiger partial charge in [-0.1, -0.05) is 6.07 Å². The largest absolute Gasteiger partial charge is 0.492 e. The van der Waals surface area contributed by atoms with Crippen molar-refractivity contribution in [2.75, 3.05) is 37.3 Å². The second-order valence-corrected chi connectivity index (χ2v) is 5.65. The number of anilines is 3. The van der Waals surface area contributed by atoms with Crippen LogP contribution in [-0.2, 0) is 0 Å². The molecule has 7 nitrogen and oxygen atoms in total. The van der Waals surface area contributed by atoms with E-state index in [1.807, 2.05) is 30.3 Å². The van der Waals surface area contributed by atoms with Crippen molar-refractivity contribution < 1.29 is 4.74 Å². The molecule has 7 heteroatoms. The minimum atomic E-state index is 0.160. The Morgan fingerprint density at radius 1 is 1.33 bits per heavy atom. The molecule has 1 fully saturated rings. The number of rotatable bonds is 6. The number of nitrogens with two attached hydrogens (primary N) is 1. The van der Waals surface area contributed by atoms with Gasteiger partial charge in [-0.15, -0.1) is 0 Å². The molecule has 0 bridgehead atoms. The summed E-state index contributed by atoms with van der Waals surface area (Å²) in [6.07, 6.45) is 3.97. The quantitative estimate of drug-likeness (QED) is 0.839. The van der Waals surface area contributed by atoms with Crippen molar-refractivity contribution in [2.45, 2.75) is 12.8 Å². The number of likely N-dealkylation sites (tertiary alicyclic amines) is 1. The summed E-state index contributed by atoms with van der Waals surface area (Å²) in [5, 5.41) is 11.9. The van der Waals surface area contributed by atoms with Gasteiger partial charge in [-0.2, -0.15) is 10.2 Å². The van der Waals surface area contributed by atoms with Crippen LogP contribution in [0.25, 0.3) is 0 Å². The van der Waals surface area contributed by atoms with Crippen LogP contribution in [0.2, 0.25) is 0 Å². The Hall–Kier alpha value is -2.85. The molecule has 1 aromatic heterocycles. The first-order valence-corrected chi connectivity index (χ1v) is 7.99. The van der Waals surface area contributed by atoms with Gasteiger partial charge >= 0.3 is 0 Å². The van der Waals surface area contributed by atoms with E-state index in [-0.39, 0.29) is 11.4 Å². The molecule has 0 saturated carbocycles. The van der Waals surface area contributed by atoms with E-state index in [1.54, 1.807) is 0 Å². The van der Waals surface area contributed by atoms with Crippen LogP contribution in [0, 0.1) is 11.3 Å². The van der Waals surface area contributed by atoms with Crippen LogP contribution >= 0.6 is 0 Å². The zero-order valence-corrected chi connectivity index (χ0v) is 13.4. The maximum Gasteiger partial charge on any atom is 0.229 e. The van der Waals surface area contributed by atoms with E-state index < -0.39 is 0 Å². The standard InChI is InChI=1S/C17H20N6O/c18-11-13-12-20-17(22-16(13)19)21-14-4-3-5-15(10-14)24-9-8-23-6-1-2-7-23/h3-5,10,12H,1-2,6-9H2,(H3,19,20,21,22). The van der Waals surface area contributed by atoms with Crippen molar-refractivity contribution in [3.05, 3.63) is 36.0 Å². The normalized spacial score (nSPS) is 14.3. The molecule has 0 aliphatic carbocycles. The molecule has 2 heterocycles. The van der Waals surface area contributed by atoms with Crippen LogP contribution in [0.4, 0.5) is 17.5 Å². The number of nitrogen functional groups attached to an aromatic ring is 1. The van der Waals surface area contributed by atoms with Gasteiger partial charge in [0.05, 0.1) is 6.20 Å². The van der Waals surface area contributed by atoms with E-state index in [0.29, 0.717) is 12.6 Å². The molecular weight excluding hydrogens is 304 g/mol. The van der Waals surface area contributed by atoms with Crippen molar-refractivity contribution in [2.24, 2.45) is 0 Å². The predicted octanol–water partition coefficient (Wildman–Crippen LogP) is 2.15. The summed E-state index contributed by atoms with van der Waals surface area (Å²) in [6, 6.07) is 9.55. The SMILES string of the molecule is N#Cc1cnc(Nc2cccc(OCCN3CCCC3)c2)nc1N. The average Bonchev–Trinajstić information content (AvgIpc) is 3.09. The maximum absolute atomic E-state index is 8.85. The third-order valence-corrected chi connectivity index (χ3v) is 3.90. The first kappa shape index (κ1) is 16.0. The highest BCUT2D eigenvalue weighted by Gasteiger charge is 2.11. The minimum Gasteiger partial charge on any atom is -0.492 e. The number of benzene rings is 1. The molecule has 0 atom stereocenters. The van der Waals surface area contributed by atoms with Crippen molar-refractivity contribution in [1.82, 2.24) is 14.9 Å². The first-order chi connectivity index (χ1) is 11.7. The summed E-state index contributed by atoms with van der Waals surface area (Å²) >= 11 is 0. The molecule has 0 spiro atoms.